The number of furan rings is 1. The van der Waals surface area contributed by atoms with E-state index in [2.05, 4.69) is 278 Å². The first-order valence-corrected chi connectivity index (χ1v) is 24.9. The molecule has 2 aliphatic rings. The summed E-state index contributed by atoms with van der Waals surface area (Å²) in [5.41, 5.74) is 23.0. The Bertz CT molecular complexity index is 3870. The van der Waals surface area contributed by atoms with E-state index in [1.54, 1.807) is 6.26 Å². The zero-order valence-electron chi connectivity index (χ0n) is 39.5. The maximum atomic E-state index is 5.82. The van der Waals surface area contributed by atoms with Crippen LogP contribution < -0.4 is 4.90 Å². The molecule has 0 unspecified atom stereocenters. The summed E-state index contributed by atoms with van der Waals surface area (Å²) in [4.78, 5) is 2.42. The monoisotopic (exact) mass is 917 g/mol. The predicted molar refractivity (Wildman–Crippen MR) is 296 cm³/mol. The Morgan fingerprint density at radius 1 is 0.264 bits per heavy atom. The highest BCUT2D eigenvalue weighted by Gasteiger charge is 2.47. The first kappa shape index (κ1) is 41.7. The van der Waals surface area contributed by atoms with Crippen LogP contribution in [0.25, 0.3) is 55.5 Å². The summed E-state index contributed by atoms with van der Waals surface area (Å²) in [5, 5.41) is 1.11. The van der Waals surface area contributed by atoms with Gasteiger partial charge in [-0.15, -0.1) is 0 Å². The lowest BCUT2D eigenvalue weighted by Crippen LogP contribution is -2.28. The Morgan fingerprint density at radius 2 is 0.667 bits per heavy atom. The van der Waals surface area contributed by atoms with Gasteiger partial charge in [-0.3, -0.25) is 0 Å². The van der Waals surface area contributed by atoms with Gasteiger partial charge in [-0.2, -0.15) is 0 Å². The van der Waals surface area contributed by atoms with E-state index in [-0.39, 0.29) is 0 Å². The molecule has 0 aliphatic heterocycles. The number of hydrogen-bond donors (Lipinski definition) is 0. The van der Waals surface area contributed by atoms with Gasteiger partial charge in [-0.25, -0.2) is 0 Å². The summed E-state index contributed by atoms with van der Waals surface area (Å²) in [6.45, 7) is 0. The molecule has 338 valence electrons. The number of rotatable bonds is 9. The quantitative estimate of drug-likeness (QED) is 0.143. The van der Waals surface area contributed by atoms with Crippen molar-refractivity contribution in [3.05, 3.63) is 330 Å². The number of anilines is 3. The zero-order valence-corrected chi connectivity index (χ0v) is 39.5. The van der Waals surface area contributed by atoms with Crippen LogP contribution in [0.1, 0.15) is 44.5 Å². The number of fused-ring (bicyclic) bond motifs is 7. The molecular weight excluding hydrogens is 871 g/mol. The van der Waals surface area contributed by atoms with Gasteiger partial charge in [0.15, 0.2) is 0 Å². The average Bonchev–Trinajstić information content (AvgIpc) is 4.15. The third kappa shape index (κ3) is 6.22. The molecule has 0 amide bonds. The van der Waals surface area contributed by atoms with Gasteiger partial charge >= 0.3 is 0 Å². The molecular formula is C70H47NO. The fourth-order valence-corrected chi connectivity index (χ4v) is 12.5. The molecule has 14 rings (SSSR count). The molecule has 2 heteroatoms. The second-order valence-electron chi connectivity index (χ2n) is 19.1. The van der Waals surface area contributed by atoms with Gasteiger partial charge in [0, 0.05) is 22.4 Å². The van der Waals surface area contributed by atoms with Crippen molar-refractivity contribution in [3.8, 4) is 44.5 Å². The molecule has 0 spiro atoms. The molecule has 0 N–H and O–H groups in total. The second kappa shape index (κ2) is 16.7. The summed E-state index contributed by atoms with van der Waals surface area (Å²) in [5.74, 6) is 0. The molecule has 72 heavy (non-hydrogen) atoms. The van der Waals surface area contributed by atoms with Crippen molar-refractivity contribution in [2.24, 2.45) is 0 Å². The van der Waals surface area contributed by atoms with Crippen LogP contribution in [0.4, 0.5) is 17.1 Å². The third-order valence-corrected chi connectivity index (χ3v) is 15.5. The lowest BCUT2D eigenvalue weighted by Gasteiger charge is -2.35. The minimum absolute atomic E-state index is 0.474. The molecule has 0 radical (unpaired) electrons. The van der Waals surface area contributed by atoms with Gasteiger partial charge in [0.1, 0.15) is 5.58 Å². The SMILES string of the molecule is c1ccc(C2(c3ccccc3)c3ccccc3-c3ccc(-c4ccc(N(c5ccc(-c6cccc7occc67)cc5)c5ccc6c(c5)C(c5ccccc5)(c5ccccc5)c5ccccc5-6)cc4)cc32)cc1. The molecule has 1 aromatic heterocycles. The molecule has 2 aliphatic carbocycles. The van der Waals surface area contributed by atoms with E-state index in [4.69, 9.17) is 4.42 Å². The van der Waals surface area contributed by atoms with E-state index in [0.717, 1.165) is 44.7 Å². The Kier molecular flexibility index (Phi) is 9.69. The molecule has 0 saturated heterocycles. The van der Waals surface area contributed by atoms with Crippen molar-refractivity contribution in [2.75, 3.05) is 4.90 Å². The van der Waals surface area contributed by atoms with Gasteiger partial charge in [-0.05, 0) is 144 Å². The van der Waals surface area contributed by atoms with Crippen LogP contribution in [0.5, 0.6) is 0 Å². The summed E-state index contributed by atoms with van der Waals surface area (Å²) < 4.78 is 5.82. The molecule has 1 heterocycles. The summed E-state index contributed by atoms with van der Waals surface area (Å²) >= 11 is 0. The van der Waals surface area contributed by atoms with Crippen LogP contribution in [0.3, 0.4) is 0 Å². The molecule has 11 aromatic carbocycles. The van der Waals surface area contributed by atoms with Gasteiger partial charge in [0.25, 0.3) is 0 Å². The fraction of sp³-hybridized carbons (Fsp3) is 0.0286. The van der Waals surface area contributed by atoms with Gasteiger partial charge in [0.05, 0.1) is 17.1 Å². The summed E-state index contributed by atoms with van der Waals surface area (Å²) in [6.07, 6.45) is 1.77. The Morgan fingerprint density at radius 3 is 1.19 bits per heavy atom. The normalized spacial score (nSPS) is 13.5. The molecule has 0 atom stereocenters. The average molecular weight is 918 g/mol. The minimum atomic E-state index is -0.533. The van der Waals surface area contributed by atoms with Crippen LogP contribution in [-0.2, 0) is 10.8 Å². The van der Waals surface area contributed by atoms with Crippen LogP contribution in [0.15, 0.2) is 290 Å². The van der Waals surface area contributed by atoms with E-state index in [0.29, 0.717) is 0 Å². The number of hydrogen-bond acceptors (Lipinski definition) is 2. The smallest absolute Gasteiger partial charge is 0.134 e. The van der Waals surface area contributed by atoms with Gasteiger partial charge < -0.3 is 9.32 Å². The molecule has 2 nitrogen and oxygen atoms in total. The van der Waals surface area contributed by atoms with Crippen LogP contribution in [-0.4, -0.2) is 0 Å². The van der Waals surface area contributed by atoms with Crippen molar-refractivity contribution in [2.45, 2.75) is 10.8 Å². The highest BCUT2D eigenvalue weighted by molar-refractivity contribution is 5.95. The minimum Gasteiger partial charge on any atom is -0.464 e. The van der Waals surface area contributed by atoms with Crippen molar-refractivity contribution in [3.63, 3.8) is 0 Å². The standard InChI is InChI=1S/C70H47NO/c1-5-18-51(19-6-1)69(52-20-7-2-8-21-52)64-29-15-13-26-59(64)61-42-36-50(46-66(61)69)48-32-37-55(38-33-48)71(56-39-34-49(35-40-56)58-28-17-31-68-63(58)44-45-72-68)57-41-43-62-60-27-14-16-30-65(60)70(67(62)47-57,53-22-9-3-10-23-53)54-24-11-4-12-25-54/h1-47H. The third-order valence-electron chi connectivity index (χ3n) is 15.5. The Balaban J connectivity index is 0.935. The van der Waals surface area contributed by atoms with Crippen molar-refractivity contribution in [1.82, 2.24) is 0 Å². The van der Waals surface area contributed by atoms with Crippen LogP contribution in [0, 0.1) is 0 Å². The Hall–Kier alpha value is -9.24. The van der Waals surface area contributed by atoms with E-state index in [1.165, 1.54) is 72.3 Å². The highest BCUT2D eigenvalue weighted by atomic mass is 16.3. The van der Waals surface area contributed by atoms with E-state index < -0.39 is 10.8 Å². The lowest BCUT2D eigenvalue weighted by molar-refractivity contribution is 0.616. The first-order valence-electron chi connectivity index (χ1n) is 24.9. The number of benzene rings is 11. The second-order valence-corrected chi connectivity index (χ2v) is 19.1. The first-order chi connectivity index (χ1) is 35.7. The van der Waals surface area contributed by atoms with E-state index in [1.807, 2.05) is 6.07 Å². The Labute approximate surface area is 420 Å². The lowest BCUT2D eigenvalue weighted by atomic mass is 9.67. The maximum Gasteiger partial charge on any atom is 0.134 e. The molecule has 0 saturated carbocycles. The molecule has 12 aromatic rings. The van der Waals surface area contributed by atoms with Crippen molar-refractivity contribution < 1.29 is 4.42 Å². The zero-order chi connectivity index (χ0) is 47.6. The number of nitrogens with zero attached hydrogens (tertiary/aromatic N) is 1. The highest BCUT2D eigenvalue weighted by Crippen LogP contribution is 2.59. The maximum absolute atomic E-state index is 5.82. The van der Waals surface area contributed by atoms with Crippen LogP contribution >= 0.6 is 0 Å². The van der Waals surface area contributed by atoms with Crippen molar-refractivity contribution >= 4 is 28.0 Å². The van der Waals surface area contributed by atoms with E-state index in [9.17, 15) is 0 Å². The van der Waals surface area contributed by atoms with Gasteiger partial charge in [0.2, 0.25) is 0 Å². The summed E-state index contributed by atoms with van der Waals surface area (Å²) in [6, 6.07) is 103. The largest absolute Gasteiger partial charge is 0.464 e. The van der Waals surface area contributed by atoms with Gasteiger partial charge in [-0.1, -0.05) is 224 Å². The molecule has 0 bridgehead atoms. The topological polar surface area (TPSA) is 16.4 Å². The molecule has 0 fully saturated rings. The van der Waals surface area contributed by atoms with Crippen LogP contribution in [0.2, 0.25) is 0 Å². The fourth-order valence-electron chi connectivity index (χ4n) is 12.5. The van der Waals surface area contributed by atoms with E-state index >= 15 is 0 Å². The predicted octanol–water partition coefficient (Wildman–Crippen LogP) is 18.0. The summed E-state index contributed by atoms with van der Waals surface area (Å²) in [7, 11) is 0. The van der Waals surface area contributed by atoms with Crippen molar-refractivity contribution in [1.29, 1.82) is 0 Å².